The van der Waals surface area contributed by atoms with Gasteiger partial charge in [-0.1, -0.05) is 0 Å². The molecular formula is C10H10N4O2S. The molecule has 0 amide bonds. The highest BCUT2D eigenvalue weighted by Crippen LogP contribution is 2.02. The van der Waals surface area contributed by atoms with E-state index in [-0.39, 0.29) is 6.61 Å². The molecule has 0 bridgehead atoms. The third-order valence-electron chi connectivity index (χ3n) is 1.86. The zero-order chi connectivity index (χ0) is 11.9. The summed E-state index contributed by atoms with van der Waals surface area (Å²) in [4.78, 5) is 15.2. The second-order valence-electron chi connectivity index (χ2n) is 3.05. The Morgan fingerprint density at radius 1 is 1.53 bits per heavy atom. The van der Waals surface area contributed by atoms with Crippen molar-refractivity contribution >= 4 is 23.1 Å². The number of thiazole rings is 1. The van der Waals surface area contributed by atoms with E-state index in [1.165, 1.54) is 11.3 Å². The van der Waals surface area contributed by atoms with Crippen LogP contribution in [0.5, 0.6) is 0 Å². The van der Waals surface area contributed by atoms with Crippen LogP contribution in [-0.4, -0.2) is 34.3 Å². The van der Waals surface area contributed by atoms with Crippen molar-refractivity contribution in [3.8, 4) is 0 Å². The van der Waals surface area contributed by atoms with Gasteiger partial charge in [-0.05, 0) is 12.1 Å². The van der Waals surface area contributed by atoms with Gasteiger partial charge >= 0.3 is 5.97 Å². The summed E-state index contributed by atoms with van der Waals surface area (Å²) in [7, 11) is 0. The summed E-state index contributed by atoms with van der Waals surface area (Å²) >= 11 is 1.36. The highest BCUT2D eigenvalue weighted by atomic mass is 32.1. The van der Waals surface area contributed by atoms with E-state index >= 15 is 0 Å². The monoisotopic (exact) mass is 250 g/mol. The fourth-order valence-corrected chi connectivity index (χ4v) is 1.63. The molecule has 6 nitrogen and oxygen atoms in total. The summed E-state index contributed by atoms with van der Waals surface area (Å²) in [5, 5.41) is 12.2. The van der Waals surface area contributed by atoms with Crippen molar-refractivity contribution in [2.24, 2.45) is 0 Å². The number of nitrogens with zero attached hydrogens (tertiary/aromatic N) is 3. The van der Waals surface area contributed by atoms with Crippen LogP contribution in [0.15, 0.2) is 29.2 Å². The number of nitrogens with one attached hydrogen (secondary N) is 1. The number of anilines is 1. The molecule has 0 fully saturated rings. The minimum atomic E-state index is -0.410. The molecule has 0 aliphatic rings. The molecular weight excluding hydrogens is 240 g/mol. The number of rotatable bonds is 5. The van der Waals surface area contributed by atoms with Crippen LogP contribution in [0, 0.1) is 0 Å². The molecule has 0 aliphatic heterocycles. The molecule has 0 unspecified atom stereocenters. The molecule has 1 N–H and O–H groups in total. The smallest absolute Gasteiger partial charge is 0.357 e. The number of carbonyl (C=O) groups excluding carboxylic acids is 1. The maximum absolute atomic E-state index is 11.4. The van der Waals surface area contributed by atoms with Crippen LogP contribution in [0.3, 0.4) is 0 Å². The second-order valence-corrected chi connectivity index (χ2v) is 3.76. The molecule has 0 spiro atoms. The van der Waals surface area contributed by atoms with Crippen molar-refractivity contribution in [1.82, 2.24) is 15.2 Å². The fraction of sp³-hybridized carbons (Fsp3) is 0.200. The van der Waals surface area contributed by atoms with E-state index in [0.29, 0.717) is 18.1 Å². The summed E-state index contributed by atoms with van der Waals surface area (Å²) in [6.45, 7) is 0.738. The number of hydrogen-bond acceptors (Lipinski definition) is 7. The highest BCUT2D eigenvalue weighted by molar-refractivity contribution is 7.07. The molecule has 0 atom stereocenters. The molecule has 2 aromatic heterocycles. The Balaban J connectivity index is 1.69. The van der Waals surface area contributed by atoms with Crippen molar-refractivity contribution in [3.63, 3.8) is 0 Å². The first kappa shape index (κ1) is 11.5. The van der Waals surface area contributed by atoms with E-state index in [0.717, 1.165) is 0 Å². The predicted octanol–water partition coefficient (Wildman–Crippen LogP) is 1.20. The molecule has 88 valence electrons. The van der Waals surface area contributed by atoms with Gasteiger partial charge in [0.05, 0.1) is 12.1 Å². The topological polar surface area (TPSA) is 77.0 Å². The highest BCUT2D eigenvalue weighted by Gasteiger charge is 2.08. The molecule has 7 heteroatoms. The maximum atomic E-state index is 11.4. The first-order valence-electron chi connectivity index (χ1n) is 4.93. The zero-order valence-corrected chi connectivity index (χ0v) is 9.68. The normalized spacial score (nSPS) is 9.88. The van der Waals surface area contributed by atoms with E-state index in [2.05, 4.69) is 20.5 Å². The van der Waals surface area contributed by atoms with Gasteiger partial charge in [-0.2, -0.15) is 5.10 Å². The average molecular weight is 250 g/mol. The molecule has 0 aromatic carbocycles. The van der Waals surface area contributed by atoms with Crippen LogP contribution in [-0.2, 0) is 4.74 Å². The maximum Gasteiger partial charge on any atom is 0.357 e. The van der Waals surface area contributed by atoms with Crippen LogP contribution in [0.1, 0.15) is 10.5 Å². The minimum Gasteiger partial charge on any atom is -0.459 e. The Kier molecular flexibility index (Phi) is 3.98. The first-order chi connectivity index (χ1) is 8.36. The largest absolute Gasteiger partial charge is 0.459 e. The van der Waals surface area contributed by atoms with Crippen LogP contribution < -0.4 is 5.32 Å². The SMILES string of the molecule is O=C(OCCNc1cccnn1)c1cscn1. The lowest BCUT2D eigenvalue weighted by molar-refractivity contribution is 0.0514. The third-order valence-corrected chi connectivity index (χ3v) is 2.44. The van der Waals surface area contributed by atoms with Gasteiger partial charge in [0, 0.05) is 11.6 Å². The van der Waals surface area contributed by atoms with Crippen molar-refractivity contribution in [2.75, 3.05) is 18.5 Å². The summed E-state index contributed by atoms with van der Waals surface area (Å²) in [5.41, 5.74) is 1.93. The molecule has 17 heavy (non-hydrogen) atoms. The van der Waals surface area contributed by atoms with Crippen molar-refractivity contribution < 1.29 is 9.53 Å². The van der Waals surface area contributed by atoms with E-state index in [9.17, 15) is 4.79 Å². The summed E-state index contributed by atoms with van der Waals surface area (Å²) in [6.07, 6.45) is 1.59. The number of aromatic nitrogens is 3. The number of hydrogen-bond donors (Lipinski definition) is 1. The Labute approximate surface area is 102 Å². The second kappa shape index (κ2) is 5.90. The number of carbonyl (C=O) groups is 1. The van der Waals surface area contributed by atoms with Gasteiger partial charge in [0.2, 0.25) is 0 Å². The molecule has 0 saturated carbocycles. The lowest BCUT2D eigenvalue weighted by Gasteiger charge is -2.04. The van der Waals surface area contributed by atoms with Crippen molar-refractivity contribution in [2.45, 2.75) is 0 Å². The molecule has 2 rings (SSSR count). The quantitative estimate of drug-likeness (QED) is 0.634. The molecule has 0 saturated heterocycles. The third kappa shape index (κ3) is 3.49. The van der Waals surface area contributed by atoms with Gasteiger partial charge in [-0.25, -0.2) is 9.78 Å². The van der Waals surface area contributed by atoms with Crippen LogP contribution >= 0.6 is 11.3 Å². The summed E-state index contributed by atoms with van der Waals surface area (Å²) in [6, 6.07) is 3.56. The molecule has 2 heterocycles. The van der Waals surface area contributed by atoms with Crippen molar-refractivity contribution in [1.29, 1.82) is 0 Å². The molecule has 0 radical (unpaired) electrons. The van der Waals surface area contributed by atoms with Gasteiger partial charge in [-0.15, -0.1) is 16.4 Å². The lowest BCUT2D eigenvalue weighted by atomic mass is 10.5. The van der Waals surface area contributed by atoms with Gasteiger partial charge in [0.15, 0.2) is 5.69 Å². The molecule has 0 aliphatic carbocycles. The van der Waals surface area contributed by atoms with Crippen LogP contribution in [0.2, 0.25) is 0 Å². The zero-order valence-electron chi connectivity index (χ0n) is 8.87. The lowest BCUT2D eigenvalue weighted by Crippen LogP contribution is -2.14. The van der Waals surface area contributed by atoms with E-state index in [4.69, 9.17) is 4.74 Å². The van der Waals surface area contributed by atoms with Crippen molar-refractivity contribution in [3.05, 3.63) is 34.9 Å². The van der Waals surface area contributed by atoms with E-state index in [1.807, 2.05) is 0 Å². The Hall–Kier alpha value is -2.02. The number of esters is 1. The predicted molar refractivity (Wildman–Crippen MR) is 62.9 cm³/mol. The Morgan fingerprint density at radius 2 is 2.47 bits per heavy atom. The fourth-order valence-electron chi connectivity index (χ4n) is 1.11. The summed E-state index contributed by atoms with van der Waals surface area (Å²) in [5.74, 6) is 0.240. The standard InChI is InChI=1S/C10H10N4O2S/c15-10(8-6-17-7-12-8)16-5-4-11-9-2-1-3-13-14-9/h1-3,6-7H,4-5H2,(H,11,14). The minimum absolute atomic E-state index is 0.257. The molecule has 2 aromatic rings. The van der Waals surface area contributed by atoms with Gasteiger partial charge in [0.1, 0.15) is 12.4 Å². The Morgan fingerprint density at radius 3 is 3.18 bits per heavy atom. The summed E-state index contributed by atoms with van der Waals surface area (Å²) < 4.78 is 5.00. The number of ether oxygens (including phenoxy) is 1. The average Bonchev–Trinajstić information content (AvgIpc) is 2.89. The van der Waals surface area contributed by atoms with E-state index in [1.54, 1.807) is 29.2 Å². The first-order valence-corrected chi connectivity index (χ1v) is 5.87. The van der Waals surface area contributed by atoms with Crippen LogP contribution in [0.4, 0.5) is 5.82 Å². The van der Waals surface area contributed by atoms with E-state index < -0.39 is 5.97 Å². The Bertz CT molecular complexity index is 460. The van der Waals surface area contributed by atoms with Gasteiger partial charge in [0.25, 0.3) is 0 Å². The van der Waals surface area contributed by atoms with Crippen LogP contribution in [0.25, 0.3) is 0 Å². The van der Waals surface area contributed by atoms with Gasteiger partial charge < -0.3 is 10.1 Å². The van der Waals surface area contributed by atoms with Gasteiger partial charge in [-0.3, -0.25) is 0 Å².